The highest BCUT2D eigenvalue weighted by molar-refractivity contribution is 8.00. The molecule has 0 amide bonds. The van der Waals surface area contributed by atoms with Gasteiger partial charge in [-0.15, -0.1) is 11.8 Å². The lowest BCUT2D eigenvalue weighted by Gasteiger charge is -2.04. The monoisotopic (exact) mass is 176 g/mol. The summed E-state index contributed by atoms with van der Waals surface area (Å²) in [5, 5.41) is 8.46. The van der Waals surface area contributed by atoms with E-state index in [2.05, 4.69) is 0 Å². The van der Waals surface area contributed by atoms with Crippen LogP contribution < -0.4 is 0 Å². The van der Waals surface area contributed by atoms with Crippen LogP contribution >= 0.6 is 11.8 Å². The molecular formula is C6H8O4S. The number of hydrogen-bond acceptors (Lipinski definition) is 4. The number of ether oxygens (including phenoxy) is 1. The highest BCUT2D eigenvalue weighted by Gasteiger charge is 2.33. The number of hydrogen-bond donors (Lipinski definition) is 1. The van der Waals surface area contributed by atoms with Crippen molar-refractivity contribution in [3.05, 3.63) is 0 Å². The SMILES string of the molecule is CC(=O)[C@@H]1CS[C@H](C(=O)O)O1. The number of ketones is 1. The van der Waals surface area contributed by atoms with Crippen LogP contribution in [0.5, 0.6) is 0 Å². The molecule has 0 aromatic rings. The lowest BCUT2D eigenvalue weighted by Crippen LogP contribution is -2.23. The topological polar surface area (TPSA) is 63.6 Å². The normalized spacial score (nSPS) is 30.3. The number of aliphatic carboxylic acids is 1. The number of Topliss-reactive ketones (excluding diaryl/α,β-unsaturated/α-hetero) is 1. The highest BCUT2D eigenvalue weighted by Crippen LogP contribution is 2.25. The molecule has 0 aromatic carbocycles. The van der Waals surface area contributed by atoms with Gasteiger partial charge in [0.15, 0.2) is 5.78 Å². The van der Waals surface area contributed by atoms with Crippen molar-refractivity contribution >= 4 is 23.5 Å². The van der Waals surface area contributed by atoms with Crippen LogP contribution in [0.1, 0.15) is 6.92 Å². The Morgan fingerprint density at radius 2 is 2.27 bits per heavy atom. The van der Waals surface area contributed by atoms with E-state index in [-0.39, 0.29) is 5.78 Å². The van der Waals surface area contributed by atoms with E-state index >= 15 is 0 Å². The summed E-state index contributed by atoms with van der Waals surface area (Å²) < 4.78 is 4.90. The van der Waals surface area contributed by atoms with Crippen molar-refractivity contribution in [2.45, 2.75) is 18.5 Å². The van der Waals surface area contributed by atoms with Crippen molar-refractivity contribution in [2.24, 2.45) is 0 Å². The lowest BCUT2D eigenvalue weighted by molar-refractivity contribution is -0.147. The number of carbonyl (C=O) groups is 2. The quantitative estimate of drug-likeness (QED) is 0.647. The molecule has 0 bridgehead atoms. The van der Waals surface area contributed by atoms with Crippen LogP contribution in [0.2, 0.25) is 0 Å². The molecule has 0 aromatic heterocycles. The van der Waals surface area contributed by atoms with Gasteiger partial charge < -0.3 is 9.84 Å². The summed E-state index contributed by atoms with van der Waals surface area (Å²) in [5.74, 6) is -0.674. The van der Waals surface area contributed by atoms with E-state index in [1.165, 1.54) is 6.92 Å². The van der Waals surface area contributed by atoms with Crippen LogP contribution in [0.25, 0.3) is 0 Å². The van der Waals surface area contributed by atoms with Crippen LogP contribution in [0.15, 0.2) is 0 Å². The molecule has 1 fully saturated rings. The van der Waals surface area contributed by atoms with Gasteiger partial charge in [-0.25, -0.2) is 4.79 Å². The van der Waals surface area contributed by atoms with E-state index in [1.54, 1.807) is 0 Å². The smallest absolute Gasteiger partial charge is 0.343 e. The first-order valence-electron chi connectivity index (χ1n) is 3.11. The van der Waals surface area contributed by atoms with Crippen molar-refractivity contribution in [2.75, 3.05) is 5.75 Å². The first-order valence-corrected chi connectivity index (χ1v) is 4.16. The molecule has 11 heavy (non-hydrogen) atoms. The van der Waals surface area contributed by atoms with E-state index in [0.29, 0.717) is 5.75 Å². The van der Waals surface area contributed by atoms with Gasteiger partial charge in [-0.05, 0) is 6.92 Å². The Labute approximate surface area is 67.9 Å². The van der Waals surface area contributed by atoms with Crippen LogP contribution in [-0.2, 0) is 14.3 Å². The Hall–Kier alpha value is -0.550. The van der Waals surface area contributed by atoms with Gasteiger partial charge >= 0.3 is 5.97 Å². The predicted octanol–water partition coefficient (Wildman–Crippen LogP) is 0.118. The van der Waals surface area contributed by atoms with Crippen LogP contribution in [0, 0.1) is 0 Å². The average Bonchev–Trinajstić information content (AvgIpc) is 2.33. The molecule has 0 unspecified atom stereocenters. The number of rotatable bonds is 2. The fraction of sp³-hybridized carbons (Fsp3) is 0.667. The maximum Gasteiger partial charge on any atom is 0.343 e. The Bertz CT molecular complexity index is 171. The molecule has 5 heteroatoms. The molecule has 4 nitrogen and oxygen atoms in total. The summed E-state index contributed by atoms with van der Waals surface area (Å²) in [7, 11) is 0. The van der Waals surface area contributed by atoms with Crippen molar-refractivity contribution in [3.63, 3.8) is 0 Å². The van der Waals surface area contributed by atoms with Gasteiger partial charge in [0.2, 0.25) is 5.44 Å². The summed E-state index contributed by atoms with van der Waals surface area (Å²) in [6, 6.07) is 0. The molecule has 62 valence electrons. The second-order valence-corrected chi connectivity index (χ2v) is 3.33. The van der Waals surface area contributed by atoms with Crippen LogP contribution in [0.3, 0.4) is 0 Å². The summed E-state index contributed by atoms with van der Waals surface area (Å²) in [6.45, 7) is 1.40. The van der Waals surface area contributed by atoms with E-state index < -0.39 is 17.5 Å². The van der Waals surface area contributed by atoms with Gasteiger partial charge in [0.25, 0.3) is 0 Å². The predicted molar refractivity (Wildman–Crippen MR) is 39.4 cm³/mol. The summed E-state index contributed by atoms with van der Waals surface area (Å²) in [6.07, 6.45) is -0.527. The molecule has 1 N–H and O–H groups in total. The molecule has 1 saturated heterocycles. The fourth-order valence-electron chi connectivity index (χ4n) is 0.745. The van der Waals surface area contributed by atoms with Crippen molar-refractivity contribution in [1.29, 1.82) is 0 Å². The summed E-state index contributed by atoms with van der Waals surface area (Å²) >= 11 is 1.14. The molecule has 2 atom stereocenters. The van der Waals surface area contributed by atoms with E-state index in [4.69, 9.17) is 9.84 Å². The zero-order valence-corrected chi connectivity index (χ0v) is 6.76. The molecule has 1 aliphatic rings. The van der Waals surface area contributed by atoms with Crippen molar-refractivity contribution < 1.29 is 19.4 Å². The molecule has 0 spiro atoms. The van der Waals surface area contributed by atoms with Gasteiger partial charge in [-0.3, -0.25) is 4.79 Å². The number of carboxylic acid groups (broad SMARTS) is 1. The molecule has 0 saturated carbocycles. The van der Waals surface area contributed by atoms with Gasteiger partial charge in [0.1, 0.15) is 6.10 Å². The van der Waals surface area contributed by atoms with Gasteiger partial charge in [-0.2, -0.15) is 0 Å². The average molecular weight is 176 g/mol. The standard InChI is InChI=1S/C6H8O4S/c1-3(7)4-2-11-6(10-4)5(8)9/h4,6H,2H2,1H3,(H,8,9)/t4-,6+/m0/s1. The van der Waals surface area contributed by atoms with E-state index in [9.17, 15) is 9.59 Å². The number of carboxylic acids is 1. The van der Waals surface area contributed by atoms with Crippen LogP contribution in [0.4, 0.5) is 0 Å². The minimum absolute atomic E-state index is 0.110. The maximum atomic E-state index is 10.7. The summed E-state index contributed by atoms with van der Waals surface area (Å²) in [5.41, 5.74) is -0.858. The Morgan fingerprint density at radius 1 is 1.64 bits per heavy atom. The number of carbonyl (C=O) groups excluding carboxylic acids is 1. The van der Waals surface area contributed by atoms with Gasteiger partial charge in [-0.1, -0.05) is 0 Å². The first-order chi connectivity index (χ1) is 5.11. The first kappa shape index (κ1) is 8.55. The van der Waals surface area contributed by atoms with E-state index in [1.807, 2.05) is 0 Å². The Kier molecular flexibility index (Phi) is 2.51. The van der Waals surface area contributed by atoms with Crippen LogP contribution in [-0.4, -0.2) is 34.2 Å². The largest absolute Gasteiger partial charge is 0.479 e. The minimum atomic E-state index is -1.02. The van der Waals surface area contributed by atoms with Gasteiger partial charge in [0.05, 0.1) is 0 Å². The molecule has 1 aliphatic heterocycles. The zero-order valence-electron chi connectivity index (χ0n) is 5.94. The third-order valence-electron chi connectivity index (χ3n) is 1.34. The third kappa shape index (κ3) is 1.94. The molecular weight excluding hydrogens is 168 g/mol. The second-order valence-electron chi connectivity index (χ2n) is 2.24. The Balaban J connectivity index is 2.47. The summed E-state index contributed by atoms with van der Waals surface area (Å²) in [4.78, 5) is 21.0. The fourth-order valence-corrected chi connectivity index (χ4v) is 1.76. The maximum absolute atomic E-state index is 10.7. The van der Waals surface area contributed by atoms with Crippen molar-refractivity contribution in [3.8, 4) is 0 Å². The highest BCUT2D eigenvalue weighted by atomic mass is 32.2. The third-order valence-corrected chi connectivity index (χ3v) is 2.45. The lowest BCUT2D eigenvalue weighted by atomic mass is 10.3. The minimum Gasteiger partial charge on any atom is -0.479 e. The second kappa shape index (κ2) is 3.23. The molecule has 1 rings (SSSR count). The molecule has 0 aliphatic carbocycles. The zero-order chi connectivity index (χ0) is 8.43. The Morgan fingerprint density at radius 3 is 2.55 bits per heavy atom. The van der Waals surface area contributed by atoms with Crippen molar-refractivity contribution in [1.82, 2.24) is 0 Å². The van der Waals surface area contributed by atoms with E-state index in [0.717, 1.165) is 11.8 Å². The molecule has 1 heterocycles. The molecule has 0 radical (unpaired) electrons. The number of thioether (sulfide) groups is 1. The van der Waals surface area contributed by atoms with Gasteiger partial charge in [0, 0.05) is 5.75 Å².